The molecule has 3 aromatic rings. The van der Waals surface area contributed by atoms with Crippen LogP contribution in [0, 0.1) is 5.82 Å². The molecule has 1 aromatic heterocycles. The van der Waals surface area contributed by atoms with E-state index in [0.717, 1.165) is 24.8 Å². The third-order valence-corrected chi connectivity index (χ3v) is 8.33. The number of thiophene rings is 1. The summed E-state index contributed by atoms with van der Waals surface area (Å²) >= 11 is 1.64. The number of hydrogen-bond donors (Lipinski definition) is 0. The lowest BCUT2D eigenvalue weighted by atomic mass is 10.00. The molecule has 0 aliphatic carbocycles. The Morgan fingerprint density at radius 2 is 2.00 bits per heavy atom. The van der Waals surface area contributed by atoms with E-state index in [-0.39, 0.29) is 43.6 Å². The molecule has 1 fully saturated rings. The van der Waals surface area contributed by atoms with Gasteiger partial charge in [0.2, 0.25) is 12.7 Å². The van der Waals surface area contributed by atoms with Crippen molar-refractivity contribution in [3.05, 3.63) is 75.7 Å². The Balaban J connectivity index is 1.22. The van der Waals surface area contributed by atoms with Crippen LogP contribution in [0.1, 0.15) is 39.7 Å². The second-order valence-electron chi connectivity index (χ2n) is 9.78. The molecule has 2 atom stereocenters. The summed E-state index contributed by atoms with van der Waals surface area (Å²) in [6.07, 6.45) is 2.35. The van der Waals surface area contributed by atoms with Crippen LogP contribution in [0.4, 0.5) is 4.39 Å². The van der Waals surface area contributed by atoms with Gasteiger partial charge < -0.3 is 28.7 Å². The number of halogens is 1. The zero-order valence-electron chi connectivity index (χ0n) is 21.3. The summed E-state index contributed by atoms with van der Waals surface area (Å²) in [4.78, 5) is 32.0. The molecule has 4 heterocycles. The van der Waals surface area contributed by atoms with Crippen LogP contribution in [-0.2, 0) is 16.0 Å². The highest BCUT2D eigenvalue weighted by Crippen LogP contribution is 2.35. The molecule has 204 valence electrons. The smallest absolute Gasteiger partial charge is 0.254 e. The summed E-state index contributed by atoms with van der Waals surface area (Å²) in [6.45, 7) is 1.56. The lowest BCUT2D eigenvalue weighted by molar-refractivity contribution is -0.135. The van der Waals surface area contributed by atoms with Crippen molar-refractivity contribution in [2.24, 2.45) is 0 Å². The Morgan fingerprint density at radius 1 is 1.13 bits per heavy atom. The zero-order chi connectivity index (χ0) is 26.8. The summed E-state index contributed by atoms with van der Waals surface area (Å²) in [5.41, 5.74) is 1.42. The standard InChI is InChI=1S/C29H29FN2O6S/c30-22-5-1-2-6-24(22)36-17-23-21-10-13-39-27(21)9-11-32(23)28(33)16-31(15-20-4-3-12-35-20)29(34)19-7-8-25-26(14-19)38-18-37-25/h1-2,5-8,10,13-14,20,23H,3-4,9,11-12,15-18H2/t20-,23-/m0/s1. The van der Waals surface area contributed by atoms with Crippen LogP contribution in [0.25, 0.3) is 0 Å². The molecule has 3 aliphatic heterocycles. The number of amides is 2. The van der Waals surface area contributed by atoms with Gasteiger partial charge in [0, 0.05) is 30.1 Å². The Labute approximate surface area is 229 Å². The van der Waals surface area contributed by atoms with Crippen molar-refractivity contribution in [3.63, 3.8) is 0 Å². The van der Waals surface area contributed by atoms with Gasteiger partial charge in [-0.05, 0) is 66.6 Å². The van der Waals surface area contributed by atoms with Crippen LogP contribution >= 0.6 is 11.3 Å². The van der Waals surface area contributed by atoms with Crippen LogP contribution in [0.5, 0.6) is 17.2 Å². The molecule has 1 saturated heterocycles. The number of fused-ring (bicyclic) bond motifs is 2. The van der Waals surface area contributed by atoms with E-state index in [4.69, 9.17) is 18.9 Å². The zero-order valence-corrected chi connectivity index (χ0v) is 22.2. The molecule has 0 spiro atoms. The van der Waals surface area contributed by atoms with Crippen molar-refractivity contribution >= 4 is 23.2 Å². The van der Waals surface area contributed by atoms with Gasteiger partial charge >= 0.3 is 0 Å². The fraction of sp³-hybridized carbons (Fsp3) is 0.379. The van der Waals surface area contributed by atoms with Crippen molar-refractivity contribution in [1.82, 2.24) is 9.80 Å². The van der Waals surface area contributed by atoms with Crippen molar-refractivity contribution < 1.29 is 32.9 Å². The molecule has 2 amide bonds. The Hall–Kier alpha value is -3.63. The highest BCUT2D eigenvalue weighted by molar-refractivity contribution is 7.10. The lowest BCUT2D eigenvalue weighted by Crippen LogP contribution is -2.49. The molecule has 8 nitrogen and oxygen atoms in total. The lowest BCUT2D eigenvalue weighted by Gasteiger charge is -2.37. The van der Waals surface area contributed by atoms with E-state index in [1.165, 1.54) is 10.9 Å². The summed E-state index contributed by atoms with van der Waals surface area (Å²) in [5, 5.41) is 2.00. The first-order valence-electron chi connectivity index (χ1n) is 13.1. The van der Waals surface area contributed by atoms with Crippen molar-refractivity contribution in [1.29, 1.82) is 0 Å². The van der Waals surface area contributed by atoms with Crippen molar-refractivity contribution in [3.8, 4) is 17.2 Å². The van der Waals surface area contributed by atoms with Gasteiger partial charge in [0.15, 0.2) is 23.1 Å². The highest BCUT2D eigenvalue weighted by Gasteiger charge is 2.35. The third kappa shape index (κ3) is 5.44. The summed E-state index contributed by atoms with van der Waals surface area (Å²) in [5.74, 6) is 0.325. The van der Waals surface area contributed by atoms with Crippen LogP contribution in [0.15, 0.2) is 53.9 Å². The summed E-state index contributed by atoms with van der Waals surface area (Å²) in [7, 11) is 0. The molecular weight excluding hydrogens is 523 g/mol. The van der Waals surface area contributed by atoms with Gasteiger partial charge in [0.05, 0.1) is 12.1 Å². The number of benzene rings is 2. The number of ether oxygens (including phenoxy) is 4. The van der Waals surface area contributed by atoms with Gasteiger partial charge in [-0.1, -0.05) is 12.1 Å². The minimum atomic E-state index is -0.450. The van der Waals surface area contributed by atoms with Gasteiger partial charge in [-0.2, -0.15) is 0 Å². The Bertz CT molecular complexity index is 1360. The Morgan fingerprint density at radius 3 is 2.85 bits per heavy atom. The molecule has 2 aromatic carbocycles. The highest BCUT2D eigenvalue weighted by atomic mass is 32.1. The quantitative estimate of drug-likeness (QED) is 0.411. The molecule has 39 heavy (non-hydrogen) atoms. The van der Waals surface area contributed by atoms with Crippen molar-refractivity contribution in [2.45, 2.75) is 31.4 Å². The number of rotatable bonds is 8. The first-order chi connectivity index (χ1) is 19.1. The van der Waals surface area contributed by atoms with E-state index in [1.807, 2.05) is 11.4 Å². The predicted octanol–water partition coefficient (Wildman–Crippen LogP) is 4.44. The van der Waals surface area contributed by atoms with E-state index >= 15 is 0 Å². The van der Waals surface area contributed by atoms with Crippen molar-refractivity contribution in [2.75, 3.05) is 39.6 Å². The van der Waals surface area contributed by atoms with Gasteiger partial charge in [-0.25, -0.2) is 4.39 Å². The number of hydrogen-bond acceptors (Lipinski definition) is 7. The van der Waals surface area contributed by atoms with Gasteiger partial charge in [-0.15, -0.1) is 11.3 Å². The van der Waals surface area contributed by atoms with E-state index in [2.05, 4.69) is 0 Å². The largest absolute Gasteiger partial charge is 0.488 e. The fourth-order valence-electron chi connectivity index (χ4n) is 5.32. The number of carbonyl (C=O) groups excluding carboxylic acids is 2. The first-order valence-corrected chi connectivity index (χ1v) is 14.0. The normalized spacial score (nSPS) is 19.6. The maximum Gasteiger partial charge on any atom is 0.254 e. The number of nitrogens with zero attached hydrogens (tertiary/aromatic N) is 2. The monoisotopic (exact) mass is 552 g/mol. The second-order valence-corrected chi connectivity index (χ2v) is 10.8. The van der Waals surface area contributed by atoms with Crippen LogP contribution in [0.3, 0.4) is 0 Å². The second kappa shape index (κ2) is 11.2. The van der Waals surface area contributed by atoms with E-state index in [9.17, 15) is 14.0 Å². The maximum absolute atomic E-state index is 14.3. The van der Waals surface area contributed by atoms with E-state index < -0.39 is 11.9 Å². The van der Waals surface area contributed by atoms with Crippen LogP contribution < -0.4 is 14.2 Å². The molecular formula is C29H29FN2O6S. The van der Waals surface area contributed by atoms with Gasteiger partial charge in [0.25, 0.3) is 5.91 Å². The van der Waals surface area contributed by atoms with E-state index in [1.54, 1.807) is 57.5 Å². The van der Waals surface area contributed by atoms with Crippen LogP contribution in [0.2, 0.25) is 0 Å². The maximum atomic E-state index is 14.3. The molecule has 10 heteroatoms. The third-order valence-electron chi connectivity index (χ3n) is 7.33. The minimum Gasteiger partial charge on any atom is -0.488 e. The SMILES string of the molecule is O=C(c1ccc2c(c1)OCO2)N(CC(=O)N1CCc2sccc2[C@@H]1COc1ccccc1F)C[C@@H]1CCCO1. The predicted molar refractivity (Wildman–Crippen MR) is 142 cm³/mol. The summed E-state index contributed by atoms with van der Waals surface area (Å²) in [6, 6.07) is 12.9. The molecule has 0 bridgehead atoms. The molecule has 6 rings (SSSR count). The first kappa shape index (κ1) is 25.6. The number of carbonyl (C=O) groups is 2. The number of para-hydroxylation sites is 1. The fourth-order valence-corrected chi connectivity index (χ4v) is 6.25. The van der Waals surface area contributed by atoms with E-state index in [0.29, 0.717) is 36.8 Å². The van der Waals surface area contributed by atoms with Crippen LogP contribution in [-0.4, -0.2) is 67.4 Å². The molecule has 0 radical (unpaired) electrons. The average molecular weight is 553 g/mol. The molecule has 0 unspecified atom stereocenters. The van der Waals surface area contributed by atoms with Gasteiger partial charge in [0.1, 0.15) is 13.2 Å². The van der Waals surface area contributed by atoms with Gasteiger partial charge in [-0.3, -0.25) is 9.59 Å². The molecule has 0 N–H and O–H groups in total. The minimum absolute atomic E-state index is 0.108. The molecule has 3 aliphatic rings. The Kier molecular flexibility index (Phi) is 7.38. The molecule has 0 saturated carbocycles. The summed E-state index contributed by atoms with van der Waals surface area (Å²) < 4.78 is 36.8. The topological polar surface area (TPSA) is 77.5 Å². The average Bonchev–Trinajstić information content (AvgIpc) is 3.73.